The Kier molecular flexibility index (Phi) is 7.15. The Morgan fingerprint density at radius 1 is 0.667 bits per heavy atom. The van der Waals surface area contributed by atoms with Crippen molar-refractivity contribution in [2.75, 3.05) is 28.2 Å². The zero-order valence-electron chi connectivity index (χ0n) is 17.7. The van der Waals surface area contributed by atoms with Crippen molar-refractivity contribution < 1.29 is 0 Å². The van der Waals surface area contributed by atoms with E-state index in [0.717, 1.165) is 0 Å². The molecule has 0 spiro atoms. The van der Waals surface area contributed by atoms with Gasteiger partial charge in [0, 0.05) is 52.5 Å². The van der Waals surface area contributed by atoms with Gasteiger partial charge < -0.3 is 10.6 Å². The normalized spacial score (nSPS) is 18.8. The van der Waals surface area contributed by atoms with E-state index in [0.29, 0.717) is 11.9 Å². The first kappa shape index (κ1) is 21.0. The standard InChI is InChI=1S/C22H28N8/c1-23-21(24-2)29-27-13-19-15-9-5-7-11-17(15)20(14-28-30-22(25-3)26-4)18-12-8-6-10-16(18)19/h5-14,19-20H,1-4H3,(H2,23,24,29)(H2,25,26,30). The molecule has 2 aromatic rings. The van der Waals surface area contributed by atoms with Gasteiger partial charge in [0.15, 0.2) is 0 Å². The summed E-state index contributed by atoms with van der Waals surface area (Å²) < 4.78 is 0. The van der Waals surface area contributed by atoms with Crippen molar-refractivity contribution in [3.05, 3.63) is 70.8 Å². The Labute approximate surface area is 177 Å². The first-order valence-corrected chi connectivity index (χ1v) is 9.78. The van der Waals surface area contributed by atoms with Gasteiger partial charge in [0.2, 0.25) is 11.9 Å². The second-order valence-electron chi connectivity index (χ2n) is 6.64. The van der Waals surface area contributed by atoms with Gasteiger partial charge in [-0.05, 0) is 22.3 Å². The van der Waals surface area contributed by atoms with Crippen LogP contribution < -0.4 is 21.5 Å². The summed E-state index contributed by atoms with van der Waals surface area (Å²) in [7, 11) is 7.02. The number of rotatable bonds is 4. The third kappa shape index (κ3) is 4.48. The van der Waals surface area contributed by atoms with Gasteiger partial charge in [0.25, 0.3) is 0 Å². The molecule has 0 unspecified atom stereocenters. The summed E-state index contributed by atoms with van der Waals surface area (Å²) in [6.45, 7) is 0. The van der Waals surface area contributed by atoms with Crippen molar-refractivity contribution in [1.82, 2.24) is 21.5 Å². The molecule has 30 heavy (non-hydrogen) atoms. The average molecular weight is 405 g/mol. The largest absolute Gasteiger partial charge is 0.358 e. The van der Waals surface area contributed by atoms with Crippen LogP contribution in [0, 0.1) is 0 Å². The molecule has 3 rings (SSSR count). The highest BCUT2D eigenvalue weighted by molar-refractivity contribution is 5.86. The van der Waals surface area contributed by atoms with Crippen LogP contribution in [0.2, 0.25) is 0 Å². The van der Waals surface area contributed by atoms with Crippen LogP contribution >= 0.6 is 0 Å². The minimum Gasteiger partial charge on any atom is -0.358 e. The van der Waals surface area contributed by atoms with Gasteiger partial charge in [-0.2, -0.15) is 10.2 Å². The number of hydrogen-bond donors (Lipinski definition) is 4. The molecule has 2 aromatic carbocycles. The molecule has 0 saturated carbocycles. The molecule has 1 aliphatic rings. The third-order valence-electron chi connectivity index (χ3n) is 5.04. The first-order chi connectivity index (χ1) is 14.7. The van der Waals surface area contributed by atoms with E-state index in [2.05, 4.69) is 90.2 Å². The van der Waals surface area contributed by atoms with Gasteiger partial charge in [-0.1, -0.05) is 48.5 Å². The fourth-order valence-electron chi connectivity index (χ4n) is 3.59. The zero-order valence-corrected chi connectivity index (χ0v) is 17.7. The molecule has 156 valence electrons. The second-order valence-corrected chi connectivity index (χ2v) is 6.64. The minimum atomic E-state index is 0.0301. The van der Waals surface area contributed by atoms with Gasteiger partial charge in [0.1, 0.15) is 0 Å². The van der Waals surface area contributed by atoms with E-state index in [4.69, 9.17) is 0 Å². The predicted molar refractivity (Wildman–Crippen MR) is 125 cm³/mol. The molecule has 0 aliphatic heterocycles. The summed E-state index contributed by atoms with van der Waals surface area (Å²) >= 11 is 0. The molecule has 0 aromatic heterocycles. The van der Waals surface area contributed by atoms with Crippen molar-refractivity contribution in [3.63, 3.8) is 0 Å². The number of nitrogens with zero attached hydrogens (tertiary/aromatic N) is 4. The lowest BCUT2D eigenvalue weighted by atomic mass is 9.73. The number of guanidine groups is 2. The molecule has 1 aliphatic carbocycles. The summed E-state index contributed by atoms with van der Waals surface area (Å²) in [5, 5.41) is 14.8. The van der Waals surface area contributed by atoms with Crippen molar-refractivity contribution in [2.45, 2.75) is 11.8 Å². The lowest BCUT2D eigenvalue weighted by Gasteiger charge is -2.30. The Morgan fingerprint density at radius 2 is 1.00 bits per heavy atom. The summed E-state index contributed by atoms with van der Waals surface area (Å²) in [6, 6.07) is 16.8. The van der Waals surface area contributed by atoms with E-state index < -0.39 is 0 Å². The summed E-state index contributed by atoms with van der Waals surface area (Å²) in [5.41, 5.74) is 10.7. The van der Waals surface area contributed by atoms with Crippen LogP contribution in [0.4, 0.5) is 0 Å². The maximum absolute atomic E-state index is 4.43. The number of hydrazone groups is 2. The van der Waals surface area contributed by atoms with Crippen LogP contribution in [0.5, 0.6) is 0 Å². The van der Waals surface area contributed by atoms with Gasteiger partial charge in [-0.3, -0.25) is 9.98 Å². The molecular formula is C22H28N8. The van der Waals surface area contributed by atoms with Crippen LogP contribution in [0.3, 0.4) is 0 Å². The van der Waals surface area contributed by atoms with Crippen LogP contribution in [-0.2, 0) is 0 Å². The molecule has 0 bridgehead atoms. The monoisotopic (exact) mass is 404 g/mol. The molecule has 0 saturated heterocycles. The lowest BCUT2D eigenvalue weighted by molar-refractivity contribution is 0.883. The van der Waals surface area contributed by atoms with Crippen LogP contribution in [0.25, 0.3) is 0 Å². The maximum Gasteiger partial charge on any atom is 0.211 e. The van der Waals surface area contributed by atoms with E-state index in [1.807, 2.05) is 12.4 Å². The number of aliphatic imine (C=N–C) groups is 2. The maximum atomic E-state index is 4.43. The van der Waals surface area contributed by atoms with E-state index in [-0.39, 0.29) is 11.8 Å². The van der Waals surface area contributed by atoms with Crippen molar-refractivity contribution in [2.24, 2.45) is 20.2 Å². The molecular weight excluding hydrogens is 376 g/mol. The predicted octanol–water partition coefficient (Wildman–Crippen LogP) is 1.83. The highest BCUT2D eigenvalue weighted by Crippen LogP contribution is 2.41. The SMILES string of the molecule is CN=C(NC)NN=CC1c2ccccc2C(C=NNC(=NC)NC)c2ccccc21. The fraction of sp³-hybridized carbons (Fsp3) is 0.273. The van der Waals surface area contributed by atoms with Gasteiger partial charge in [-0.25, -0.2) is 10.9 Å². The molecule has 0 heterocycles. The molecule has 8 nitrogen and oxygen atoms in total. The van der Waals surface area contributed by atoms with Crippen molar-refractivity contribution >= 4 is 24.3 Å². The minimum absolute atomic E-state index is 0.0301. The topological polar surface area (TPSA) is 97.6 Å². The highest BCUT2D eigenvalue weighted by atomic mass is 15.4. The van der Waals surface area contributed by atoms with Crippen LogP contribution in [0.15, 0.2) is 68.7 Å². The summed E-state index contributed by atoms with van der Waals surface area (Å²) in [6.07, 6.45) is 3.85. The number of benzene rings is 2. The Balaban J connectivity index is 1.98. The molecule has 0 amide bonds. The summed E-state index contributed by atoms with van der Waals surface area (Å²) in [5.74, 6) is 1.28. The van der Waals surface area contributed by atoms with Crippen LogP contribution in [-0.4, -0.2) is 52.5 Å². The van der Waals surface area contributed by atoms with Gasteiger partial charge >= 0.3 is 0 Å². The van der Waals surface area contributed by atoms with Gasteiger partial charge in [-0.15, -0.1) is 0 Å². The van der Waals surface area contributed by atoms with Crippen molar-refractivity contribution in [1.29, 1.82) is 0 Å². The lowest BCUT2D eigenvalue weighted by Crippen LogP contribution is -2.32. The fourth-order valence-corrected chi connectivity index (χ4v) is 3.59. The highest BCUT2D eigenvalue weighted by Gasteiger charge is 2.30. The van der Waals surface area contributed by atoms with Crippen molar-refractivity contribution in [3.8, 4) is 0 Å². The smallest absolute Gasteiger partial charge is 0.211 e. The second kappa shape index (κ2) is 10.2. The van der Waals surface area contributed by atoms with Crippen LogP contribution in [0.1, 0.15) is 34.1 Å². The first-order valence-electron chi connectivity index (χ1n) is 9.78. The van der Waals surface area contributed by atoms with E-state index in [1.54, 1.807) is 28.2 Å². The number of fused-ring (bicyclic) bond motifs is 2. The van der Waals surface area contributed by atoms with Gasteiger partial charge in [0.05, 0.1) is 0 Å². The molecule has 8 heteroatoms. The van der Waals surface area contributed by atoms with E-state index in [9.17, 15) is 0 Å². The zero-order chi connectivity index (χ0) is 21.3. The molecule has 0 atom stereocenters. The molecule has 0 fully saturated rings. The molecule has 4 N–H and O–H groups in total. The Hall–Kier alpha value is -3.68. The number of nitrogens with one attached hydrogen (secondary N) is 4. The quantitative estimate of drug-likeness (QED) is 0.355. The third-order valence-corrected chi connectivity index (χ3v) is 5.04. The Morgan fingerprint density at radius 3 is 1.27 bits per heavy atom. The van der Waals surface area contributed by atoms with E-state index in [1.165, 1.54) is 22.3 Å². The number of hydrogen-bond acceptors (Lipinski definition) is 4. The Bertz CT molecular complexity index is 851. The average Bonchev–Trinajstić information content (AvgIpc) is 2.80. The molecule has 0 radical (unpaired) electrons. The van der Waals surface area contributed by atoms with E-state index >= 15 is 0 Å². The summed E-state index contributed by atoms with van der Waals surface area (Å²) in [4.78, 5) is 8.19.